The molecule has 216 valence electrons. The van der Waals surface area contributed by atoms with E-state index >= 15 is 0 Å². The van der Waals surface area contributed by atoms with E-state index in [1.54, 1.807) is 13.8 Å². The number of nitrogens with one attached hydrogen (secondary N) is 2. The number of thiazole rings is 1. The maximum Gasteiger partial charge on any atom is 0.243 e. The lowest BCUT2D eigenvalue weighted by atomic mass is 9.94. The zero-order valence-corrected chi connectivity index (χ0v) is 24.8. The molecule has 2 N–H and O–H groups in total. The molecule has 0 spiro atoms. The number of carbonyl (C=O) groups excluding carboxylic acids is 4. The minimum atomic E-state index is -0.937. The number of benzene rings is 2. The average molecular weight is 576 g/mol. The molecule has 1 unspecified atom stereocenters. The molecule has 9 heteroatoms. The van der Waals surface area contributed by atoms with Gasteiger partial charge in [0.25, 0.3) is 0 Å². The number of Topliss-reactive ketones (excluding diaryl/α,β-unsaturated/α-hetero) is 2. The second kappa shape index (κ2) is 13.3. The van der Waals surface area contributed by atoms with Gasteiger partial charge in [0.1, 0.15) is 17.4 Å². The summed E-state index contributed by atoms with van der Waals surface area (Å²) in [5, 5.41) is 6.66. The normalized spacial score (nSPS) is 18.1. The highest BCUT2D eigenvalue weighted by atomic mass is 32.1. The fourth-order valence-electron chi connectivity index (χ4n) is 4.75. The van der Waals surface area contributed by atoms with Crippen LogP contribution in [0.4, 0.5) is 0 Å². The summed E-state index contributed by atoms with van der Waals surface area (Å²) < 4.78 is 5.39. The number of rotatable bonds is 14. The number of nitrogens with zero attached hydrogens (tertiary/aromatic N) is 1. The predicted octanol–water partition coefficient (Wildman–Crippen LogP) is 3.71. The van der Waals surface area contributed by atoms with E-state index in [0.717, 1.165) is 26.7 Å². The van der Waals surface area contributed by atoms with Crippen LogP contribution < -0.4 is 10.6 Å². The quantitative estimate of drug-likeness (QED) is 0.283. The molecule has 3 aromatic rings. The molecule has 41 heavy (non-hydrogen) atoms. The molecule has 4 atom stereocenters. The number of aromatic nitrogens is 1. The van der Waals surface area contributed by atoms with Crippen LogP contribution in [-0.2, 0) is 43.2 Å². The monoisotopic (exact) mass is 575 g/mol. The third-order valence-corrected chi connectivity index (χ3v) is 8.34. The standard InChI is InChI=1S/C32H37N3O5S/c1-20(15-25(36)18-28-21(2)33-22(3)41-28)30(38)35-27(17-24-13-9-6-10-14-24)31(39)34-26(29(37)32(4)19-40-32)16-23-11-7-5-8-12-23/h5-14,20,26-27H,15-19H2,1-4H3,(H,34,39)(H,35,38)/t20-,26?,27+,32-/m1/s1. The summed E-state index contributed by atoms with van der Waals surface area (Å²) in [5.41, 5.74) is 1.67. The second-order valence-electron chi connectivity index (χ2n) is 10.9. The lowest BCUT2D eigenvalue weighted by Gasteiger charge is -2.25. The summed E-state index contributed by atoms with van der Waals surface area (Å²) in [4.78, 5) is 58.3. The summed E-state index contributed by atoms with van der Waals surface area (Å²) in [6.07, 6.45) is 0.815. The number of carbonyl (C=O) groups is 4. The molecule has 1 aliphatic rings. The van der Waals surface area contributed by atoms with Crippen molar-refractivity contribution in [1.29, 1.82) is 0 Å². The average Bonchev–Trinajstić information content (AvgIpc) is 3.62. The van der Waals surface area contributed by atoms with Gasteiger partial charge in [0.2, 0.25) is 11.8 Å². The number of ether oxygens (including phenoxy) is 1. The lowest BCUT2D eigenvalue weighted by molar-refractivity contribution is -0.134. The Hall–Kier alpha value is -3.69. The SMILES string of the molecule is Cc1nc(C)c(CC(=O)C[C@@H](C)C(=O)N[C@@H](Cc2ccccc2)C(=O)NC(Cc2ccccc2)C(=O)[C@@]2(C)CO2)s1. The first-order chi connectivity index (χ1) is 19.5. The molecule has 1 aliphatic heterocycles. The fraction of sp³-hybridized carbons (Fsp3) is 0.406. The Kier molecular flexibility index (Phi) is 9.83. The first-order valence-corrected chi connectivity index (χ1v) is 14.7. The van der Waals surface area contributed by atoms with Crippen LogP contribution in [0.5, 0.6) is 0 Å². The van der Waals surface area contributed by atoms with Gasteiger partial charge in [-0.1, -0.05) is 67.6 Å². The molecule has 2 aromatic carbocycles. The molecule has 8 nitrogen and oxygen atoms in total. The van der Waals surface area contributed by atoms with Crippen molar-refractivity contribution in [3.8, 4) is 0 Å². The van der Waals surface area contributed by atoms with Gasteiger partial charge in [0, 0.05) is 30.1 Å². The zero-order valence-electron chi connectivity index (χ0n) is 23.9. The van der Waals surface area contributed by atoms with Gasteiger partial charge in [-0.25, -0.2) is 4.98 Å². The van der Waals surface area contributed by atoms with Crippen molar-refractivity contribution in [3.05, 3.63) is 87.4 Å². The van der Waals surface area contributed by atoms with Gasteiger partial charge in [-0.05, 0) is 38.3 Å². The maximum absolute atomic E-state index is 13.7. The minimum Gasteiger partial charge on any atom is -0.361 e. The molecule has 1 fully saturated rings. The van der Waals surface area contributed by atoms with E-state index in [1.807, 2.05) is 74.5 Å². The molecule has 0 aliphatic carbocycles. The Morgan fingerprint density at radius 1 is 0.902 bits per heavy atom. The van der Waals surface area contributed by atoms with Gasteiger partial charge >= 0.3 is 0 Å². The highest BCUT2D eigenvalue weighted by Gasteiger charge is 2.50. The van der Waals surface area contributed by atoms with Crippen LogP contribution in [0.25, 0.3) is 0 Å². The lowest BCUT2D eigenvalue weighted by Crippen LogP contribution is -2.55. The predicted molar refractivity (Wildman–Crippen MR) is 158 cm³/mol. The van der Waals surface area contributed by atoms with Gasteiger partial charge < -0.3 is 15.4 Å². The van der Waals surface area contributed by atoms with Crippen LogP contribution in [0.3, 0.4) is 0 Å². The summed E-state index contributed by atoms with van der Waals surface area (Å²) in [6, 6.07) is 17.1. The summed E-state index contributed by atoms with van der Waals surface area (Å²) >= 11 is 1.49. The van der Waals surface area contributed by atoms with Crippen molar-refractivity contribution in [2.24, 2.45) is 5.92 Å². The Morgan fingerprint density at radius 2 is 1.44 bits per heavy atom. The number of amides is 2. The maximum atomic E-state index is 13.7. The van der Waals surface area contributed by atoms with Crippen molar-refractivity contribution in [3.63, 3.8) is 0 Å². The summed E-state index contributed by atoms with van der Waals surface area (Å²) in [5.74, 6) is -1.75. The first kappa shape index (κ1) is 30.3. The van der Waals surface area contributed by atoms with Crippen LogP contribution in [0.2, 0.25) is 0 Å². The number of epoxide rings is 1. The fourth-order valence-corrected chi connectivity index (χ4v) is 5.71. The van der Waals surface area contributed by atoms with E-state index in [1.165, 1.54) is 11.3 Å². The topological polar surface area (TPSA) is 118 Å². The van der Waals surface area contributed by atoms with Gasteiger partial charge in [0.05, 0.1) is 23.4 Å². The Labute approximate surface area is 244 Å². The third-order valence-electron chi connectivity index (χ3n) is 7.27. The largest absolute Gasteiger partial charge is 0.361 e. The van der Waals surface area contributed by atoms with E-state index in [4.69, 9.17) is 4.74 Å². The number of hydrogen-bond donors (Lipinski definition) is 2. The highest BCUT2D eigenvalue weighted by molar-refractivity contribution is 7.11. The Bertz CT molecular complexity index is 1380. The van der Waals surface area contributed by atoms with E-state index in [-0.39, 0.29) is 30.8 Å². The van der Waals surface area contributed by atoms with E-state index < -0.39 is 35.4 Å². The summed E-state index contributed by atoms with van der Waals surface area (Å²) in [6.45, 7) is 7.48. The van der Waals surface area contributed by atoms with Gasteiger partial charge in [0.15, 0.2) is 5.78 Å². The number of hydrogen-bond acceptors (Lipinski definition) is 7. The number of ketones is 2. The van der Waals surface area contributed by atoms with Crippen LogP contribution in [0, 0.1) is 19.8 Å². The molecular formula is C32H37N3O5S. The molecule has 1 aromatic heterocycles. The van der Waals surface area contributed by atoms with E-state index in [2.05, 4.69) is 15.6 Å². The smallest absolute Gasteiger partial charge is 0.243 e. The molecule has 0 radical (unpaired) electrons. The van der Waals surface area contributed by atoms with Gasteiger partial charge in [-0.15, -0.1) is 11.3 Å². The minimum absolute atomic E-state index is 0.0483. The van der Waals surface area contributed by atoms with Crippen molar-refractivity contribution < 1.29 is 23.9 Å². The van der Waals surface area contributed by atoms with Crippen LogP contribution in [0.1, 0.15) is 47.0 Å². The molecule has 4 rings (SSSR count). The van der Waals surface area contributed by atoms with Crippen LogP contribution in [-0.4, -0.2) is 52.7 Å². The molecule has 0 bridgehead atoms. The highest BCUT2D eigenvalue weighted by Crippen LogP contribution is 2.29. The molecule has 1 saturated heterocycles. The summed E-state index contributed by atoms with van der Waals surface area (Å²) in [7, 11) is 0. The number of aryl methyl sites for hydroxylation is 2. The molecule has 2 amide bonds. The van der Waals surface area contributed by atoms with Crippen molar-refractivity contribution in [2.45, 2.75) is 71.1 Å². The first-order valence-electron chi connectivity index (χ1n) is 13.9. The zero-order chi connectivity index (χ0) is 29.6. The molecular weight excluding hydrogens is 538 g/mol. The molecule has 0 saturated carbocycles. The van der Waals surface area contributed by atoms with Crippen LogP contribution >= 0.6 is 11.3 Å². The molecule has 2 heterocycles. The van der Waals surface area contributed by atoms with Gasteiger partial charge in [-0.2, -0.15) is 0 Å². The Balaban J connectivity index is 1.46. The van der Waals surface area contributed by atoms with Crippen molar-refractivity contribution in [2.75, 3.05) is 6.61 Å². The third kappa shape index (κ3) is 8.41. The van der Waals surface area contributed by atoms with E-state index in [9.17, 15) is 19.2 Å². The van der Waals surface area contributed by atoms with Crippen molar-refractivity contribution >= 4 is 34.7 Å². The second-order valence-corrected chi connectivity index (χ2v) is 12.2. The van der Waals surface area contributed by atoms with Gasteiger partial charge in [-0.3, -0.25) is 19.2 Å². The van der Waals surface area contributed by atoms with Crippen molar-refractivity contribution in [1.82, 2.24) is 15.6 Å². The van der Waals surface area contributed by atoms with E-state index in [0.29, 0.717) is 13.0 Å². The Morgan fingerprint density at radius 3 is 1.95 bits per heavy atom. The van der Waals surface area contributed by atoms with Crippen LogP contribution in [0.15, 0.2) is 60.7 Å².